The average Bonchev–Trinajstić information content (AvgIpc) is 2.09. The van der Waals surface area contributed by atoms with E-state index in [4.69, 9.17) is 5.26 Å². The van der Waals surface area contributed by atoms with Crippen LogP contribution in [0.4, 0.5) is 0 Å². The van der Waals surface area contributed by atoms with Crippen molar-refractivity contribution in [1.29, 1.82) is 5.26 Å². The molecule has 0 N–H and O–H groups in total. The average molecular weight is 206 g/mol. The largest absolute Gasteiger partial charge is 0.305 e. The van der Waals surface area contributed by atoms with Gasteiger partial charge in [-0.3, -0.25) is 0 Å². The van der Waals surface area contributed by atoms with Crippen LogP contribution in [0, 0.1) is 22.7 Å². The molecule has 0 aromatic rings. The summed E-state index contributed by atoms with van der Waals surface area (Å²) in [5.41, 5.74) is 0.0222. The molecule has 0 spiro atoms. The molecule has 2 fully saturated rings. The quantitative estimate of drug-likeness (QED) is 0.691. The Morgan fingerprint density at radius 3 is 2.47 bits per heavy atom. The highest BCUT2D eigenvalue weighted by atomic mass is 15.1. The third kappa shape index (κ3) is 2.52. The summed E-state index contributed by atoms with van der Waals surface area (Å²) in [4.78, 5) is 2.38. The smallest absolute Gasteiger partial charge is 0.0703 e. The van der Waals surface area contributed by atoms with Crippen molar-refractivity contribution < 1.29 is 0 Å². The van der Waals surface area contributed by atoms with Crippen molar-refractivity contribution in [2.45, 2.75) is 44.9 Å². The van der Waals surface area contributed by atoms with E-state index in [1.165, 1.54) is 38.6 Å². The molecular weight excluding hydrogens is 184 g/mol. The highest BCUT2D eigenvalue weighted by molar-refractivity contribution is 5.06. The van der Waals surface area contributed by atoms with Gasteiger partial charge in [0.15, 0.2) is 0 Å². The molecule has 0 bridgehead atoms. The van der Waals surface area contributed by atoms with Gasteiger partial charge in [0.1, 0.15) is 0 Å². The van der Waals surface area contributed by atoms with E-state index in [0.29, 0.717) is 0 Å². The van der Waals surface area contributed by atoms with Gasteiger partial charge in [-0.1, -0.05) is 25.7 Å². The number of nitriles is 1. The molecule has 0 aliphatic heterocycles. The van der Waals surface area contributed by atoms with Gasteiger partial charge in [-0.05, 0) is 38.8 Å². The maximum atomic E-state index is 9.14. The Morgan fingerprint density at radius 2 is 2.07 bits per heavy atom. The second-order valence-corrected chi connectivity index (χ2v) is 5.57. The number of hydrogen-bond donors (Lipinski definition) is 0. The first-order valence-electron chi connectivity index (χ1n) is 6.34. The highest BCUT2D eigenvalue weighted by Gasteiger charge is 2.38. The van der Waals surface area contributed by atoms with Crippen LogP contribution in [0.5, 0.6) is 0 Å². The topological polar surface area (TPSA) is 27.0 Å². The molecular formula is C13H22N2. The molecule has 84 valence electrons. The molecule has 2 nitrogen and oxygen atoms in total. The Labute approximate surface area is 93.3 Å². The molecule has 0 amide bonds. The number of hydrogen-bond acceptors (Lipinski definition) is 2. The first-order valence-corrected chi connectivity index (χ1v) is 6.34. The van der Waals surface area contributed by atoms with Crippen molar-refractivity contribution in [3.05, 3.63) is 0 Å². The fourth-order valence-corrected chi connectivity index (χ4v) is 2.69. The summed E-state index contributed by atoms with van der Waals surface area (Å²) in [6, 6.07) is 2.52. The van der Waals surface area contributed by atoms with E-state index in [9.17, 15) is 0 Å². The maximum Gasteiger partial charge on any atom is 0.0703 e. The van der Waals surface area contributed by atoms with Gasteiger partial charge < -0.3 is 4.90 Å². The van der Waals surface area contributed by atoms with Gasteiger partial charge in [0.25, 0.3) is 0 Å². The molecule has 15 heavy (non-hydrogen) atoms. The lowest BCUT2D eigenvalue weighted by Gasteiger charge is -2.39. The summed E-state index contributed by atoms with van der Waals surface area (Å²) in [6.07, 6.45) is 9.17. The third-order valence-electron chi connectivity index (χ3n) is 4.26. The van der Waals surface area contributed by atoms with Gasteiger partial charge in [0.05, 0.1) is 11.5 Å². The second kappa shape index (κ2) is 4.53. The summed E-state index contributed by atoms with van der Waals surface area (Å²) in [5.74, 6) is 0.992. The molecule has 0 unspecified atom stereocenters. The third-order valence-corrected chi connectivity index (χ3v) is 4.26. The minimum atomic E-state index is 0.0222. The lowest BCUT2D eigenvalue weighted by molar-refractivity contribution is 0.128. The van der Waals surface area contributed by atoms with Crippen LogP contribution >= 0.6 is 0 Å². The molecule has 2 heteroatoms. The van der Waals surface area contributed by atoms with Crippen LogP contribution in [-0.4, -0.2) is 25.0 Å². The predicted molar refractivity (Wildman–Crippen MR) is 61.4 cm³/mol. The van der Waals surface area contributed by atoms with Gasteiger partial charge in [0, 0.05) is 6.54 Å². The fraction of sp³-hybridized carbons (Fsp3) is 0.923. The standard InChI is InChI=1S/C13H22N2/c1-15(9-6-12-4-2-5-12)11-13(10-14)7-3-8-13/h12H,2-9,11H2,1H3. The summed E-state index contributed by atoms with van der Waals surface area (Å²) in [5, 5.41) is 9.14. The van der Waals surface area contributed by atoms with Crippen molar-refractivity contribution in [2.75, 3.05) is 20.1 Å². The van der Waals surface area contributed by atoms with Crippen molar-refractivity contribution in [3.8, 4) is 6.07 Å². The van der Waals surface area contributed by atoms with Crippen LogP contribution in [-0.2, 0) is 0 Å². The summed E-state index contributed by atoms with van der Waals surface area (Å²) in [6.45, 7) is 2.18. The summed E-state index contributed by atoms with van der Waals surface area (Å²) < 4.78 is 0. The lowest BCUT2D eigenvalue weighted by atomic mass is 9.69. The maximum absolute atomic E-state index is 9.14. The number of rotatable bonds is 5. The van der Waals surface area contributed by atoms with Crippen LogP contribution in [0.1, 0.15) is 44.9 Å². The van der Waals surface area contributed by atoms with Crippen molar-refractivity contribution in [3.63, 3.8) is 0 Å². The zero-order valence-corrected chi connectivity index (χ0v) is 9.84. The van der Waals surface area contributed by atoms with Crippen LogP contribution < -0.4 is 0 Å². The normalized spacial score (nSPS) is 24.3. The Bertz CT molecular complexity index is 246. The van der Waals surface area contributed by atoms with Crippen LogP contribution in [0.15, 0.2) is 0 Å². The molecule has 0 heterocycles. The van der Waals surface area contributed by atoms with E-state index in [-0.39, 0.29) is 5.41 Å². The molecule has 0 aromatic heterocycles. The van der Waals surface area contributed by atoms with Crippen molar-refractivity contribution >= 4 is 0 Å². The summed E-state index contributed by atoms with van der Waals surface area (Å²) >= 11 is 0. The van der Waals surface area contributed by atoms with Crippen LogP contribution in [0.25, 0.3) is 0 Å². The molecule has 2 rings (SSSR count). The van der Waals surface area contributed by atoms with E-state index in [1.807, 2.05) is 0 Å². The minimum Gasteiger partial charge on any atom is -0.305 e. The zero-order valence-electron chi connectivity index (χ0n) is 9.84. The molecule has 0 aromatic carbocycles. The SMILES string of the molecule is CN(CCC1CCC1)CC1(C#N)CCC1. The Kier molecular flexibility index (Phi) is 3.31. The van der Waals surface area contributed by atoms with E-state index >= 15 is 0 Å². The Morgan fingerprint density at radius 1 is 1.33 bits per heavy atom. The van der Waals surface area contributed by atoms with E-state index in [0.717, 1.165) is 25.3 Å². The predicted octanol–water partition coefficient (Wildman–Crippen LogP) is 2.80. The monoisotopic (exact) mass is 206 g/mol. The van der Waals surface area contributed by atoms with Gasteiger partial charge in [-0.15, -0.1) is 0 Å². The van der Waals surface area contributed by atoms with Gasteiger partial charge in [-0.2, -0.15) is 5.26 Å². The minimum absolute atomic E-state index is 0.0222. The molecule has 2 aliphatic rings. The van der Waals surface area contributed by atoms with Crippen molar-refractivity contribution in [1.82, 2.24) is 4.90 Å². The number of nitrogens with zero attached hydrogens (tertiary/aromatic N) is 2. The molecule has 0 saturated heterocycles. The zero-order chi connectivity index (χ0) is 10.7. The Hall–Kier alpha value is -0.550. The highest BCUT2D eigenvalue weighted by Crippen LogP contribution is 2.40. The van der Waals surface area contributed by atoms with Crippen molar-refractivity contribution in [2.24, 2.45) is 11.3 Å². The van der Waals surface area contributed by atoms with E-state index < -0.39 is 0 Å². The summed E-state index contributed by atoms with van der Waals surface area (Å²) in [7, 11) is 2.18. The lowest BCUT2D eigenvalue weighted by Crippen LogP contribution is -2.40. The van der Waals surface area contributed by atoms with Gasteiger partial charge >= 0.3 is 0 Å². The first kappa shape index (κ1) is 11.0. The molecule has 0 atom stereocenters. The van der Waals surface area contributed by atoms with E-state index in [2.05, 4.69) is 18.0 Å². The molecule has 2 aliphatic carbocycles. The fourth-order valence-electron chi connectivity index (χ4n) is 2.69. The van der Waals surface area contributed by atoms with E-state index in [1.54, 1.807) is 0 Å². The Balaban J connectivity index is 1.67. The van der Waals surface area contributed by atoms with Gasteiger partial charge in [0.2, 0.25) is 0 Å². The second-order valence-electron chi connectivity index (χ2n) is 5.57. The van der Waals surface area contributed by atoms with Crippen LogP contribution in [0.2, 0.25) is 0 Å². The molecule has 2 saturated carbocycles. The first-order chi connectivity index (χ1) is 7.24. The van der Waals surface area contributed by atoms with Gasteiger partial charge in [-0.25, -0.2) is 0 Å². The molecule has 0 radical (unpaired) electrons. The van der Waals surface area contributed by atoms with Crippen LogP contribution in [0.3, 0.4) is 0 Å².